The monoisotopic (exact) mass is 190 g/mol. The molecule has 1 aromatic carbocycles. The van der Waals surface area contributed by atoms with Crippen molar-refractivity contribution in [1.82, 2.24) is 5.32 Å². The smallest absolute Gasteiger partial charge is 0.231 e. The van der Waals surface area contributed by atoms with Crippen molar-refractivity contribution in [2.24, 2.45) is 4.99 Å². The summed E-state index contributed by atoms with van der Waals surface area (Å²) in [5, 5.41) is 3.16. The van der Waals surface area contributed by atoms with Crippen molar-refractivity contribution in [3.8, 4) is 11.5 Å². The third-order valence-electron chi connectivity index (χ3n) is 2.38. The highest BCUT2D eigenvalue weighted by Gasteiger charge is 2.16. The van der Waals surface area contributed by atoms with Crippen LogP contribution in [0.3, 0.4) is 0 Å². The maximum absolute atomic E-state index is 5.30. The van der Waals surface area contributed by atoms with Crippen LogP contribution in [-0.2, 0) is 0 Å². The van der Waals surface area contributed by atoms with Crippen LogP contribution in [0.25, 0.3) is 0 Å². The number of hydrogen-bond acceptors (Lipinski definition) is 4. The fraction of sp³-hybridized carbons (Fsp3) is 0.300. The number of fused-ring (bicyclic) bond motifs is 1. The first kappa shape index (κ1) is 7.82. The Labute approximate surface area is 81.6 Å². The molecule has 0 saturated heterocycles. The fourth-order valence-electron chi connectivity index (χ4n) is 1.65. The number of nitrogens with zero attached hydrogens (tertiary/aromatic N) is 1. The van der Waals surface area contributed by atoms with Gasteiger partial charge in [0.25, 0.3) is 0 Å². The Kier molecular flexibility index (Phi) is 1.67. The van der Waals surface area contributed by atoms with Crippen molar-refractivity contribution in [2.45, 2.75) is 0 Å². The lowest BCUT2D eigenvalue weighted by molar-refractivity contribution is 0.174. The number of hydrogen-bond donors (Lipinski definition) is 1. The van der Waals surface area contributed by atoms with E-state index in [1.165, 1.54) is 0 Å². The van der Waals surface area contributed by atoms with Gasteiger partial charge >= 0.3 is 0 Å². The van der Waals surface area contributed by atoms with E-state index in [2.05, 4.69) is 10.3 Å². The van der Waals surface area contributed by atoms with E-state index >= 15 is 0 Å². The number of rotatable bonds is 1. The van der Waals surface area contributed by atoms with Gasteiger partial charge in [0, 0.05) is 12.1 Å². The first-order chi connectivity index (χ1) is 6.93. The van der Waals surface area contributed by atoms with E-state index in [4.69, 9.17) is 9.47 Å². The summed E-state index contributed by atoms with van der Waals surface area (Å²) < 4.78 is 10.5. The van der Waals surface area contributed by atoms with E-state index in [0.717, 1.165) is 29.3 Å². The quantitative estimate of drug-likeness (QED) is 0.711. The highest BCUT2D eigenvalue weighted by molar-refractivity contribution is 6.03. The molecule has 4 nitrogen and oxygen atoms in total. The first-order valence-electron chi connectivity index (χ1n) is 4.57. The lowest BCUT2D eigenvalue weighted by Crippen LogP contribution is -2.13. The van der Waals surface area contributed by atoms with Crippen LogP contribution in [0.1, 0.15) is 5.56 Å². The third kappa shape index (κ3) is 1.15. The molecule has 3 rings (SSSR count). The molecule has 0 bridgehead atoms. The second kappa shape index (κ2) is 2.99. The van der Waals surface area contributed by atoms with Gasteiger partial charge in [-0.05, 0) is 18.2 Å². The van der Waals surface area contributed by atoms with Crippen molar-refractivity contribution in [3.63, 3.8) is 0 Å². The van der Waals surface area contributed by atoms with Crippen LogP contribution in [0, 0.1) is 0 Å². The zero-order valence-electron chi connectivity index (χ0n) is 7.62. The van der Waals surface area contributed by atoms with E-state index in [0.29, 0.717) is 13.5 Å². The van der Waals surface area contributed by atoms with Gasteiger partial charge in [0.2, 0.25) is 6.79 Å². The molecule has 1 aromatic rings. The van der Waals surface area contributed by atoms with Crippen LogP contribution < -0.4 is 14.8 Å². The molecule has 0 aromatic heterocycles. The highest BCUT2D eigenvalue weighted by atomic mass is 16.7. The molecule has 0 radical (unpaired) electrons. The zero-order valence-corrected chi connectivity index (χ0v) is 7.62. The summed E-state index contributed by atoms with van der Waals surface area (Å²) in [6.07, 6.45) is 0. The molecule has 4 heteroatoms. The summed E-state index contributed by atoms with van der Waals surface area (Å²) in [6.45, 7) is 1.87. The Morgan fingerprint density at radius 2 is 2.14 bits per heavy atom. The lowest BCUT2D eigenvalue weighted by atomic mass is 10.1. The van der Waals surface area contributed by atoms with Crippen LogP contribution in [0.2, 0.25) is 0 Å². The lowest BCUT2D eigenvalue weighted by Gasteiger charge is -2.01. The van der Waals surface area contributed by atoms with Crippen LogP contribution in [0.15, 0.2) is 23.2 Å². The average molecular weight is 190 g/mol. The van der Waals surface area contributed by atoms with E-state index in [9.17, 15) is 0 Å². The van der Waals surface area contributed by atoms with Crippen molar-refractivity contribution >= 4 is 5.71 Å². The fourth-order valence-corrected chi connectivity index (χ4v) is 1.65. The van der Waals surface area contributed by atoms with Crippen LogP contribution in [0.5, 0.6) is 11.5 Å². The highest BCUT2D eigenvalue weighted by Crippen LogP contribution is 2.32. The topological polar surface area (TPSA) is 42.9 Å². The molecule has 2 aliphatic rings. The molecule has 2 aliphatic heterocycles. The number of aliphatic imine (C=N–C) groups is 1. The number of ether oxygens (including phenoxy) is 2. The molecular formula is C10H10N2O2. The van der Waals surface area contributed by atoms with Gasteiger partial charge in [-0.3, -0.25) is 10.3 Å². The molecule has 0 spiro atoms. The molecule has 2 heterocycles. The second-order valence-electron chi connectivity index (χ2n) is 3.26. The van der Waals surface area contributed by atoms with Gasteiger partial charge in [0.05, 0.1) is 12.4 Å². The molecule has 0 unspecified atom stereocenters. The summed E-state index contributed by atoms with van der Waals surface area (Å²) in [5.74, 6) is 1.64. The molecule has 0 amide bonds. The summed E-state index contributed by atoms with van der Waals surface area (Å²) in [5.41, 5.74) is 2.20. The molecule has 72 valence electrons. The Morgan fingerprint density at radius 3 is 3.00 bits per heavy atom. The SMILES string of the molecule is c1cc2c(cc1C1=NCNC1)OCO2. The van der Waals surface area contributed by atoms with Gasteiger partial charge < -0.3 is 9.47 Å². The molecular weight excluding hydrogens is 180 g/mol. The average Bonchev–Trinajstić information content (AvgIpc) is 2.88. The third-order valence-corrected chi connectivity index (χ3v) is 2.38. The molecule has 14 heavy (non-hydrogen) atoms. The summed E-state index contributed by atoms with van der Waals surface area (Å²) >= 11 is 0. The minimum absolute atomic E-state index is 0.323. The molecule has 0 fully saturated rings. The van der Waals surface area contributed by atoms with Gasteiger partial charge in [-0.2, -0.15) is 0 Å². The first-order valence-corrected chi connectivity index (χ1v) is 4.57. The van der Waals surface area contributed by atoms with Crippen molar-refractivity contribution in [3.05, 3.63) is 23.8 Å². The Hall–Kier alpha value is -1.55. The summed E-state index contributed by atoms with van der Waals surface area (Å²) in [4.78, 5) is 4.34. The molecule has 0 saturated carbocycles. The van der Waals surface area contributed by atoms with Crippen LogP contribution >= 0.6 is 0 Å². The van der Waals surface area contributed by atoms with E-state index in [1.807, 2.05) is 18.2 Å². The Balaban J connectivity index is 2.00. The normalized spacial score (nSPS) is 18.4. The molecule has 1 N–H and O–H groups in total. The predicted octanol–water partition coefficient (Wildman–Crippen LogP) is 0.765. The molecule has 0 aliphatic carbocycles. The Bertz CT molecular complexity index is 401. The largest absolute Gasteiger partial charge is 0.454 e. The summed E-state index contributed by atoms with van der Waals surface area (Å²) in [7, 11) is 0. The van der Waals surface area contributed by atoms with Crippen molar-refractivity contribution < 1.29 is 9.47 Å². The van der Waals surface area contributed by atoms with E-state index in [1.54, 1.807) is 0 Å². The number of nitrogens with one attached hydrogen (secondary N) is 1. The molecule has 0 atom stereocenters. The van der Waals surface area contributed by atoms with Crippen molar-refractivity contribution in [2.75, 3.05) is 20.0 Å². The van der Waals surface area contributed by atoms with Crippen molar-refractivity contribution in [1.29, 1.82) is 0 Å². The van der Waals surface area contributed by atoms with Crippen LogP contribution in [-0.4, -0.2) is 25.7 Å². The van der Waals surface area contributed by atoms with Gasteiger partial charge in [-0.15, -0.1) is 0 Å². The van der Waals surface area contributed by atoms with Gasteiger partial charge in [0.15, 0.2) is 11.5 Å². The van der Waals surface area contributed by atoms with Crippen LogP contribution in [0.4, 0.5) is 0 Å². The predicted molar refractivity (Wildman–Crippen MR) is 52.0 cm³/mol. The standard InChI is InChI=1S/C10H10N2O2/c1-2-9-10(14-6-13-9)3-7(1)8-4-11-5-12-8/h1-3,11H,4-6H2. The zero-order chi connectivity index (χ0) is 9.38. The van der Waals surface area contributed by atoms with Gasteiger partial charge in [0.1, 0.15) is 0 Å². The van der Waals surface area contributed by atoms with E-state index < -0.39 is 0 Å². The maximum Gasteiger partial charge on any atom is 0.231 e. The van der Waals surface area contributed by atoms with Gasteiger partial charge in [-0.1, -0.05) is 0 Å². The number of benzene rings is 1. The minimum Gasteiger partial charge on any atom is -0.454 e. The second-order valence-corrected chi connectivity index (χ2v) is 3.26. The van der Waals surface area contributed by atoms with E-state index in [-0.39, 0.29) is 0 Å². The summed E-state index contributed by atoms with van der Waals surface area (Å²) in [6, 6.07) is 5.92. The van der Waals surface area contributed by atoms with Gasteiger partial charge in [-0.25, -0.2) is 0 Å². The minimum atomic E-state index is 0.323. The maximum atomic E-state index is 5.30. The Morgan fingerprint density at radius 1 is 1.21 bits per heavy atom.